The van der Waals surface area contributed by atoms with Gasteiger partial charge in [0.25, 0.3) is 10.0 Å². The van der Waals surface area contributed by atoms with Crippen LogP contribution in [0.4, 0.5) is 5.69 Å². The van der Waals surface area contributed by atoms with Crippen LogP contribution in [-0.4, -0.2) is 31.3 Å². The molecule has 4 rings (SSSR count). The van der Waals surface area contributed by atoms with Crippen LogP contribution < -0.4 is 10.0 Å². The summed E-state index contributed by atoms with van der Waals surface area (Å²) >= 11 is 0. The molecule has 25 heavy (non-hydrogen) atoms. The van der Waals surface area contributed by atoms with E-state index in [1.807, 2.05) is 22.9 Å². The summed E-state index contributed by atoms with van der Waals surface area (Å²) in [5.41, 5.74) is 9.57. The molecule has 6 nitrogen and oxygen atoms in total. The maximum Gasteiger partial charge on any atom is 0.267 e. The second-order valence-corrected chi connectivity index (χ2v) is 8.61. The van der Waals surface area contributed by atoms with Crippen LogP contribution >= 0.6 is 0 Å². The van der Waals surface area contributed by atoms with E-state index < -0.39 is 10.0 Å². The van der Waals surface area contributed by atoms with E-state index >= 15 is 0 Å². The summed E-state index contributed by atoms with van der Waals surface area (Å²) in [7, 11) is -3.61. The molecule has 2 aliphatic heterocycles. The lowest BCUT2D eigenvalue weighted by molar-refractivity contribution is 0.481. The number of fused-ring (bicyclic) bond motifs is 2. The number of anilines is 1. The molecule has 0 radical (unpaired) electrons. The molecule has 0 atom stereocenters. The molecule has 1 aromatic carbocycles. The molecular formula is C18H24N4O2S. The summed E-state index contributed by atoms with van der Waals surface area (Å²) in [5.74, 6) is 0. The first kappa shape index (κ1) is 16.6. The topological polar surface area (TPSA) is 81.2 Å². The number of para-hydroxylation sites is 1. The van der Waals surface area contributed by atoms with Crippen LogP contribution in [0.1, 0.15) is 36.1 Å². The van der Waals surface area contributed by atoms with Gasteiger partial charge in [-0.15, -0.1) is 0 Å². The van der Waals surface area contributed by atoms with E-state index in [4.69, 9.17) is 5.73 Å². The summed E-state index contributed by atoms with van der Waals surface area (Å²) in [6.07, 6.45) is 6.81. The number of aryl methyl sites for hydroxylation is 2. The number of benzene rings is 1. The number of hydrogen-bond acceptors (Lipinski definition) is 4. The number of hydrogen-bond donors (Lipinski definition) is 1. The van der Waals surface area contributed by atoms with Gasteiger partial charge in [0.15, 0.2) is 0 Å². The van der Waals surface area contributed by atoms with E-state index in [1.165, 1.54) is 6.20 Å². The van der Waals surface area contributed by atoms with Crippen molar-refractivity contribution in [2.24, 2.45) is 5.73 Å². The molecule has 0 bridgehead atoms. The molecule has 0 amide bonds. The van der Waals surface area contributed by atoms with Crippen molar-refractivity contribution in [3.63, 3.8) is 0 Å². The number of aromatic nitrogens is 2. The zero-order valence-corrected chi connectivity index (χ0v) is 15.1. The molecule has 3 heterocycles. The molecule has 0 fully saturated rings. The number of sulfonamides is 1. The second kappa shape index (κ2) is 6.46. The van der Waals surface area contributed by atoms with Gasteiger partial charge in [-0.3, -0.25) is 8.99 Å². The minimum absolute atomic E-state index is 0.377. The molecule has 0 unspecified atom stereocenters. The maximum absolute atomic E-state index is 13.5. The molecule has 1 aromatic heterocycles. The van der Waals surface area contributed by atoms with Crippen LogP contribution in [0.15, 0.2) is 29.3 Å². The van der Waals surface area contributed by atoms with Crippen molar-refractivity contribution in [1.29, 1.82) is 0 Å². The Bertz CT molecular complexity index is 888. The normalized spacial score (nSPS) is 17.2. The molecule has 0 aliphatic carbocycles. The third kappa shape index (κ3) is 2.75. The summed E-state index contributed by atoms with van der Waals surface area (Å²) in [6, 6.07) is 6.03. The van der Waals surface area contributed by atoms with Crippen LogP contribution in [0.5, 0.6) is 0 Å². The second-order valence-electron chi connectivity index (χ2n) is 6.78. The van der Waals surface area contributed by atoms with Gasteiger partial charge in [0.1, 0.15) is 4.90 Å². The third-order valence-corrected chi connectivity index (χ3v) is 7.03. The molecular weight excluding hydrogens is 336 g/mol. The highest BCUT2D eigenvalue weighted by Crippen LogP contribution is 2.36. The van der Waals surface area contributed by atoms with Crippen molar-refractivity contribution >= 4 is 15.7 Å². The van der Waals surface area contributed by atoms with Gasteiger partial charge in [-0.2, -0.15) is 5.10 Å². The Morgan fingerprint density at radius 1 is 1.12 bits per heavy atom. The van der Waals surface area contributed by atoms with Crippen molar-refractivity contribution < 1.29 is 8.42 Å². The van der Waals surface area contributed by atoms with Gasteiger partial charge in [-0.25, -0.2) is 8.42 Å². The summed E-state index contributed by atoms with van der Waals surface area (Å²) in [6.45, 7) is 1.83. The van der Waals surface area contributed by atoms with E-state index in [0.29, 0.717) is 24.4 Å². The summed E-state index contributed by atoms with van der Waals surface area (Å²) < 4.78 is 30.4. The van der Waals surface area contributed by atoms with Gasteiger partial charge in [-0.05, 0) is 56.2 Å². The van der Waals surface area contributed by atoms with Crippen LogP contribution in [-0.2, 0) is 35.8 Å². The quantitative estimate of drug-likeness (QED) is 0.902. The first-order chi connectivity index (χ1) is 12.1. The number of rotatable bonds is 4. The Morgan fingerprint density at radius 2 is 2.00 bits per heavy atom. The number of nitrogens with zero attached hydrogens (tertiary/aromatic N) is 3. The fourth-order valence-corrected chi connectivity index (χ4v) is 5.78. The van der Waals surface area contributed by atoms with Crippen molar-refractivity contribution in [2.45, 2.75) is 50.0 Å². The average Bonchev–Trinajstić information content (AvgIpc) is 3.06. The number of nitrogens with two attached hydrogens (primary N) is 1. The van der Waals surface area contributed by atoms with Gasteiger partial charge in [0.05, 0.1) is 17.6 Å². The van der Waals surface area contributed by atoms with Crippen molar-refractivity contribution in [2.75, 3.05) is 17.4 Å². The SMILES string of the molecule is NCCc1cccc2c1N(S(=O)(=O)c1cnn3c1CCCC3)CCC2. The van der Waals surface area contributed by atoms with Crippen molar-refractivity contribution in [3.8, 4) is 0 Å². The molecule has 134 valence electrons. The Balaban J connectivity index is 1.82. The van der Waals surface area contributed by atoms with Gasteiger partial charge >= 0.3 is 0 Å². The Morgan fingerprint density at radius 3 is 2.84 bits per heavy atom. The van der Waals surface area contributed by atoms with Crippen LogP contribution in [0, 0.1) is 0 Å². The zero-order valence-electron chi connectivity index (χ0n) is 14.3. The van der Waals surface area contributed by atoms with Crippen LogP contribution in [0.3, 0.4) is 0 Å². The van der Waals surface area contributed by atoms with E-state index in [-0.39, 0.29) is 0 Å². The molecule has 2 N–H and O–H groups in total. The van der Waals surface area contributed by atoms with Crippen molar-refractivity contribution in [1.82, 2.24) is 9.78 Å². The molecule has 0 saturated heterocycles. The Kier molecular flexibility index (Phi) is 4.29. The highest BCUT2D eigenvalue weighted by Gasteiger charge is 2.34. The zero-order chi connectivity index (χ0) is 17.4. The van der Waals surface area contributed by atoms with E-state index in [2.05, 4.69) is 5.10 Å². The molecule has 0 saturated carbocycles. The smallest absolute Gasteiger partial charge is 0.267 e. The highest BCUT2D eigenvalue weighted by atomic mass is 32.2. The largest absolute Gasteiger partial charge is 0.330 e. The monoisotopic (exact) mass is 360 g/mol. The lowest BCUT2D eigenvalue weighted by Gasteiger charge is -2.32. The van der Waals surface area contributed by atoms with Gasteiger partial charge in [0, 0.05) is 13.1 Å². The summed E-state index contributed by atoms with van der Waals surface area (Å²) in [4.78, 5) is 0.377. The Hall–Kier alpha value is -1.86. The fraction of sp³-hybridized carbons (Fsp3) is 0.500. The first-order valence-electron chi connectivity index (χ1n) is 9.01. The third-order valence-electron chi connectivity index (χ3n) is 5.19. The van der Waals surface area contributed by atoms with Crippen LogP contribution in [0.2, 0.25) is 0 Å². The van der Waals surface area contributed by atoms with Crippen LogP contribution in [0.25, 0.3) is 0 Å². The molecule has 2 aliphatic rings. The van der Waals surface area contributed by atoms with E-state index in [9.17, 15) is 8.42 Å². The predicted molar refractivity (Wildman–Crippen MR) is 97.2 cm³/mol. The molecule has 2 aromatic rings. The fourth-order valence-electron chi connectivity index (χ4n) is 4.02. The minimum Gasteiger partial charge on any atom is -0.330 e. The van der Waals surface area contributed by atoms with Gasteiger partial charge in [0.2, 0.25) is 0 Å². The van der Waals surface area contributed by atoms with Crippen molar-refractivity contribution in [3.05, 3.63) is 41.2 Å². The lowest BCUT2D eigenvalue weighted by atomic mass is 9.98. The average molecular weight is 360 g/mol. The van der Waals surface area contributed by atoms with E-state index in [1.54, 1.807) is 4.31 Å². The first-order valence-corrected chi connectivity index (χ1v) is 10.4. The Labute approximate surface area is 148 Å². The standard InChI is InChI=1S/C18H24N4O2S/c19-10-9-15-6-3-5-14-7-4-12-22(18(14)15)25(23,24)17-13-20-21-11-2-1-8-16(17)21/h3,5-6,13H,1-2,4,7-12,19H2. The molecule has 0 spiro atoms. The maximum atomic E-state index is 13.5. The highest BCUT2D eigenvalue weighted by molar-refractivity contribution is 7.92. The summed E-state index contributed by atoms with van der Waals surface area (Å²) in [5, 5.41) is 4.32. The van der Waals surface area contributed by atoms with Gasteiger partial charge in [-0.1, -0.05) is 18.2 Å². The minimum atomic E-state index is -3.61. The predicted octanol–water partition coefficient (Wildman–Crippen LogP) is 1.86. The lowest BCUT2D eigenvalue weighted by Crippen LogP contribution is -2.37. The van der Waals surface area contributed by atoms with E-state index in [0.717, 1.165) is 61.2 Å². The van der Waals surface area contributed by atoms with Gasteiger partial charge < -0.3 is 5.73 Å². The molecule has 7 heteroatoms.